The zero-order valence-electron chi connectivity index (χ0n) is 11.5. The lowest BCUT2D eigenvalue weighted by molar-refractivity contribution is -0.142. The van der Waals surface area contributed by atoms with Crippen LogP contribution >= 0.6 is 0 Å². The first-order chi connectivity index (χ1) is 9.39. The summed E-state index contributed by atoms with van der Waals surface area (Å²) in [4.78, 5) is 26.8. The highest BCUT2D eigenvalue weighted by molar-refractivity contribution is 5.98. The van der Waals surface area contributed by atoms with Gasteiger partial charge in [0.1, 0.15) is 17.1 Å². The van der Waals surface area contributed by atoms with Crippen LogP contribution in [0.2, 0.25) is 0 Å². The van der Waals surface area contributed by atoms with Gasteiger partial charge < -0.3 is 15.7 Å². The highest BCUT2D eigenvalue weighted by Gasteiger charge is 2.38. The SMILES string of the molecule is CN(c1nc(C(F)(F)F)ccc1C(N)=O)C(C)(C)C(=O)O. The van der Waals surface area contributed by atoms with Gasteiger partial charge in [-0.3, -0.25) is 4.79 Å². The van der Waals surface area contributed by atoms with Crippen molar-refractivity contribution in [3.63, 3.8) is 0 Å². The summed E-state index contributed by atoms with van der Waals surface area (Å²) in [5.74, 6) is -2.73. The summed E-state index contributed by atoms with van der Waals surface area (Å²) in [6.45, 7) is 2.53. The minimum Gasteiger partial charge on any atom is -0.480 e. The van der Waals surface area contributed by atoms with Crippen molar-refractivity contribution < 1.29 is 27.9 Å². The Bertz CT molecular complexity index is 585. The van der Waals surface area contributed by atoms with Crippen molar-refractivity contribution >= 4 is 17.7 Å². The number of carbonyl (C=O) groups is 2. The van der Waals surface area contributed by atoms with Crippen LogP contribution in [0.3, 0.4) is 0 Å². The number of halogens is 3. The molecule has 0 saturated carbocycles. The van der Waals surface area contributed by atoms with Crippen molar-refractivity contribution in [3.8, 4) is 0 Å². The fourth-order valence-electron chi connectivity index (χ4n) is 1.46. The number of rotatable bonds is 4. The minimum atomic E-state index is -4.72. The molecule has 0 aromatic carbocycles. The molecule has 0 saturated heterocycles. The van der Waals surface area contributed by atoms with E-state index in [0.29, 0.717) is 6.07 Å². The summed E-state index contributed by atoms with van der Waals surface area (Å²) in [5, 5.41) is 9.12. The molecule has 0 radical (unpaired) electrons. The highest BCUT2D eigenvalue weighted by atomic mass is 19.4. The fourth-order valence-corrected chi connectivity index (χ4v) is 1.46. The monoisotopic (exact) mass is 305 g/mol. The number of nitrogens with zero attached hydrogens (tertiary/aromatic N) is 2. The molecular formula is C12H14F3N3O3. The second-order valence-electron chi connectivity index (χ2n) is 4.85. The number of alkyl halides is 3. The minimum absolute atomic E-state index is 0.292. The quantitative estimate of drug-likeness (QED) is 0.878. The molecule has 0 unspecified atom stereocenters. The largest absolute Gasteiger partial charge is 0.480 e. The molecule has 3 N–H and O–H groups in total. The Hall–Kier alpha value is -2.32. The number of aromatic nitrogens is 1. The Morgan fingerprint density at radius 2 is 1.81 bits per heavy atom. The number of likely N-dealkylation sites (N-methyl/N-ethyl adjacent to an activating group) is 1. The summed E-state index contributed by atoms with van der Waals surface area (Å²) in [7, 11) is 1.23. The van der Waals surface area contributed by atoms with E-state index in [-0.39, 0.29) is 5.56 Å². The van der Waals surface area contributed by atoms with Crippen LogP contribution in [-0.4, -0.2) is 34.6 Å². The topological polar surface area (TPSA) is 96.5 Å². The summed E-state index contributed by atoms with van der Waals surface area (Å²) >= 11 is 0. The van der Waals surface area contributed by atoms with E-state index in [1.54, 1.807) is 0 Å². The number of hydrogen-bond donors (Lipinski definition) is 2. The van der Waals surface area contributed by atoms with E-state index in [1.807, 2.05) is 0 Å². The molecule has 0 bridgehead atoms. The Kier molecular flexibility index (Phi) is 4.16. The normalized spacial score (nSPS) is 12.1. The van der Waals surface area contributed by atoms with Crippen LogP contribution in [0.25, 0.3) is 0 Å². The van der Waals surface area contributed by atoms with Crippen molar-refractivity contribution in [2.45, 2.75) is 25.6 Å². The van der Waals surface area contributed by atoms with Crippen molar-refractivity contribution in [2.24, 2.45) is 5.73 Å². The average molecular weight is 305 g/mol. The number of anilines is 1. The second kappa shape index (κ2) is 5.23. The van der Waals surface area contributed by atoms with Gasteiger partial charge in [-0.25, -0.2) is 9.78 Å². The van der Waals surface area contributed by atoms with Crippen molar-refractivity contribution in [2.75, 3.05) is 11.9 Å². The van der Waals surface area contributed by atoms with Gasteiger partial charge >= 0.3 is 12.1 Å². The van der Waals surface area contributed by atoms with E-state index in [1.165, 1.54) is 20.9 Å². The number of carboxylic acid groups (broad SMARTS) is 1. The van der Waals surface area contributed by atoms with Crippen LogP contribution in [0.4, 0.5) is 19.0 Å². The third-order valence-electron chi connectivity index (χ3n) is 3.11. The van der Waals surface area contributed by atoms with Crippen LogP contribution in [0.5, 0.6) is 0 Å². The molecule has 0 spiro atoms. The molecule has 0 atom stereocenters. The second-order valence-corrected chi connectivity index (χ2v) is 4.85. The van der Waals surface area contributed by atoms with E-state index in [4.69, 9.17) is 10.8 Å². The molecule has 0 aliphatic heterocycles. The van der Waals surface area contributed by atoms with Crippen molar-refractivity contribution in [3.05, 3.63) is 23.4 Å². The first-order valence-corrected chi connectivity index (χ1v) is 5.74. The van der Waals surface area contributed by atoms with Crippen LogP contribution in [-0.2, 0) is 11.0 Å². The van der Waals surface area contributed by atoms with Gasteiger partial charge in [-0.2, -0.15) is 13.2 Å². The highest BCUT2D eigenvalue weighted by Crippen LogP contribution is 2.32. The zero-order valence-corrected chi connectivity index (χ0v) is 11.5. The van der Waals surface area contributed by atoms with Crippen LogP contribution in [0.15, 0.2) is 12.1 Å². The van der Waals surface area contributed by atoms with Gasteiger partial charge in [0.05, 0.1) is 5.56 Å². The summed E-state index contributed by atoms with van der Waals surface area (Å²) < 4.78 is 38.1. The third-order valence-corrected chi connectivity index (χ3v) is 3.11. The lowest BCUT2D eigenvalue weighted by Crippen LogP contribution is -2.49. The van der Waals surface area contributed by atoms with E-state index >= 15 is 0 Å². The molecule has 0 aliphatic rings. The molecule has 1 heterocycles. The zero-order chi connectivity index (χ0) is 16.6. The summed E-state index contributed by atoms with van der Waals surface area (Å²) in [6, 6.07) is 1.49. The number of aliphatic carboxylic acids is 1. The number of carboxylic acids is 1. The maximum absolute atomic E-state index is 12.7. The lowest BCUT2D eigenvalue weighted by atomic mass is 10.0. The van der Waals surface area contributed by atoms with Gasteiger partial charge in [-0.15, -0.1) is 0 Å². The molecule has 9 heteroatoms. The van der Waals surface area contributed by atoms with E-state index < -0.39 is 35.1 Å². The Morgan fingerprint density at radius 1 is 1.29 bits per heavy atom. The van der Waals surface area contributed by atoms with E-state index in [0.717, 1.165) is 11.0 Å². The molecule has 116 valence electrons. The lowest BCUT2D eigenvalue weighted by Gasteiger charge is -2.33. The molecule has 1 aromatic heterocycles. The van der Waals surface area contributed by atoms with Crippen LogP contribution < -0.4 is 10.6 Å². The average Bonchev–Trinajstić information content (AvgIpc) is 2.35. The fraction of sp³-hybridized carbons (Fsp3) is 0.417. The molecule has 1 aromatic rings. The number of hydrogen-bond acceptors (Lipinski definition) is 4. The molecule has 0 fully saturated rings. The maximum atomic E-state index is 12.7. The first-order valence-electron chi connectivity index (χ1n) is 5.74. The molecule has 1 amide bonds. The number of amides is 1. The Morgan fingerprint density at radius 3 is 2.19 bits per heavy atom. The van der Waals surface area contributed by atoms with Gasteiger partial charge in [0.15, 0.2) is 0 Å². The third kappa shape index (κ3) is 3.23. The Labute approximate surface area is 118 Å². The smallest absolute Gasteiger partial charge is 0.433 e. The molecule has 1 rings (SSSR count). The van der Waals surface area contributed by atoms with E-state index in [2.05, 4.69) is 4.98 Å². The van der Waals surface area contributed by atoms with Gasteiger partial charge in [0.25, 0.3) is 5.91 Å². The van der Waals surface area contributed by atoms with Crippen molar-refractivity contribution in [1.29, 1.82) is 0 Å². The van der Waals surface area contributed by atoms with E-state index in [9.17, 15) is 22.8 Å². The molecular weight excluding hydrogens is 291 g/mol. The maximum Gasteiger partial charge on any atom is 0.433 e. The van der Waals surface area contributed by atoms with Crippen LogP contribution in [0, 0.1) is 0 Å². The van der Waals surface area contributed by atoms with Crippen molar-refractivity contribution in [1.82, 2.24) is 4.98 Å². The molecule has 21 heavy (non-hydrogen) atoms. The summed E-state index contributed by atoms with van der Waals surface area (Å²) in [6.07, 6.45) is -4.72. The number of carbonyl (C=O) groups excluding carboxylic acids is 1. The molecule has 6 nitrogen and oxygen atoms in total. The van der Waals surface area contributed by atoms with Gasteiger partial charge in [0, 0.05) is 7.05 Å². The summed E-state index contributed by atoms with van der Waals surface area (Å²) in [5.41, 5.74) is 1.98. The first kappa shape index (κ1) is 16.7. The van der Waals surface area contributed by atoms with Crippen LogP contribution in [0.1, 0.15) is 29.9 Å². The number of nitrogens with two attached hydrogens (primary N) is 1. The predicted octanol–water partition coefficient (Wildman–Crippen LogP) is 1.50. The van der Waals surface area contributed by atoms with Gasteiger partial charge in [0.2, 0.25) is 0 Å². The Balaban J connectivity index is 3.51. The number of primary amides is 1. The predicted molar refractivity (Wildman–Crippen MR) is 67.9 cm³/mol. The number of pyridine rings is 1. The van der Waals surface area contributed by atoms with Gasteiger partial charge in [-0.05, 0) is 26.0 Å². The van der Waals surface area contributed by atoms with Gasteiger partial charge in [-0.1, -0.05) is 0 Å². The molecule has 0 aliphatic carbocycles. The standard InChI is InChI=1S/C12H14F3N3O3/c1-11(2,10(20)21)18(3)9-6(8(16)19)4-5-7(17-9)12(13,14)15/h4-5H,1-3H3,(H2,16,19)(H,20,21).